The van der Waals surface area contributed by atoms with Crippen LogP contribution >= 0.6 is 0 Å². The predicted octanol–water partition coefficient (Wildman–Crippen LogP) is 1.02. The first-order chi connectivity index (χ1) is 11.4. The van der Waals surface area contributed by atoms with Crippen molar-refractivity contribution in [1.29, 1.82) is 0 Å². The standard InChI is InChI=1S/C16H13FN4O3/c1-20-13-12(15(23)21(2)16(20)24)11(7-8-18-13)19-14(22)9-5-3-4-6-10(9)17/h3-8H,1-2H3,(H,18,19,22). The van der Waals surface area contributed by atoms with E-state index in [1.807, 2.05) is 0 Å². The minimum atomic E-state index is -0.698. The van der Waals surface area contributed by atoms with Crippen molar-refractivity contribution in [2.24, 2.45) is 14.1 Å². The van der Waals surface area contributed by atoms with Crippen molar-refractivity contribution < 1.29 is 9.18 Å². The number of carbonyl (C=O) groups is 1. The number of nitrogens with zero attached hydrogens (tertiary/aromatic N) is 3. The molecule has 0 saturated heterocycles. The molecule has 24 heavy (non-hydrogen) atoms. The van der Waals surface area contributed by atoms with Gasteiger partial charge < -0.3 is 5.32 Å². The summed E-state index contributed by atoms with van der Waals surface area (Å²) in [4.78, 5) is 40.6. The Kier molecular flexibility index (Phi) is 3.72. The van der Waals surface area contributed by atoms with Crippen LogP contribution in [-0.2, 0) is 14.1 Å². The fourth-order valence-electron chi connectivity index (χ4n) is 2.43. The highest BCUT2D eigenvalue weighted by Gasteiger charge is 2.17. The average molecular weight is 328 g/mol. The lowest BCUT2D eigenvalue weighted by Gasteiger charge is -2.11. The van der Waals surface area contributed by atoms with Gasteiger partial charge in [0.25, 0.3) is 11.5 Å². The van der Waals surface area contributed by atoms with Crippen molar-refractivity contribution in [2.45, 2.75) is 0 Å². The molecule has 0 radical (unpaired) electrons. The van der Waals surface area contributed by atoms with Crippen LogP contribution in [0, 0.1) is 5.82 Å². The van der Waals surface area contributed by atoms with Crippen molar-refractivity contribution in [3.05, 3.63) is 68.7 Å². The van der Waals surface area contributed by atoms with Gasteiger partial charge in [0.15, 0.2) is 5.65 Å². The molecule has 0 fully saturated rings. The van der Waals surface area contributed by atoms with E-state index in [1.165, 1.54) is 55.2 Å². The van der Waals surface area contributed by atoms with Crippen LogP contribution in [0.2, 0.25) is 0 Å². The first kappa shape index (κ1) is 15.6. The van der Waals surface area contributed by atoms with E-state index >= 15 is 0 Å². The van der Waals surface area contributed by atoms with E-state index in [9.17, 15) is 18.8 Å². The molecule has 3 rings (SSSR count). The minimum absolute atomic E-state index is 0.0757. The Morgan fingerprint density at radius 3 is 2.54 bits per heavy atom. The number of hydrogen-bond donors (Lipinski definition) is 1. The van der Waals surface area contributed by atoms with E-state index in [-0.39, 0.29) is 22.3 Å². The second-order valence-electron chi connectivity index (χ2n) is 5.20. The third-order valence-corrected chi connectivity index (χ3v) is 3.71. The highest BCUT2D eigenvalue weighted by Crippen LogP contribution is 2.18. The summed E-state index contributed by atoms with van der Waals surface area (Å²) in [6.07, 6.45) is 1.36. The van der Waals surface area contributed by atoms with E-state index in [4.69, 9.17) is 0 Å². The molecule has 7 nitrogen and oxygen atoms in total. The SMILES string of the molecule is Cn1c(=O)c2c(NC(=O)c3ccccc3F)ccnc2n(C)c1=O. The lowest BCUT2D eigenvalue weighted by Crippen LogP contribution is -2.37. The minimum Gasteiger partial charge on any atom is -0.321 e. The van der Waals surface area contributed by atoms with Gasteiger partial charge in [-0.1, -0.05) is 12.1 Å². The fourth-order valence-corrected chi connectivity index (χ4v) is 2.43. The molecule has 122 valence electrons. The normalized spacial score (nSPS) is 10.8. The number of carbonyl (C=O) groups excluding carboxylic acids is 1. The van der Waals surface area contributed by atoms with Crippen molar-refractivity contribution in [3.63, 3.8) is 0 Å². The maximum absolute atomic E-state index is 13.7. The molecule has 1 N–H and O–H groups in total. The molecule has 0 atom stereocenters. The number of aromatic nitrogens is 3. The molecule has 1 amide bonds. The lowest BCUT2D eigenvalue weighted by molar-refractivity contribution is 0.102. The van der Waals surface area contributed by atoms with Crippen molar-refractivity contribution in [3.8, 4) is 0 Å². The third-order valence-electron chi connectivity index (χ3n) is 3.71. The maximum atomic E-state index is 13.7. The van der Waals surface area contributed by atoms with Crippen LogP contribution in [-0.4, -0.2) is 20.0 Å². The molecule has 1 aromatic carbocycles. The summed E-state index contributed by atoms with van der Waals surface area (Å²) in [5, 5.41) is 2.58. The molecule has 8 heteroatoms. The Balaban J connectivity index is 2.18. The Bertz CT molecular complexity index is 1080. The number of anilines is 1. The van der Waals surface area contributed by atoms with Gasteiger partial charge in [-0.25, -0.2) is 14.2 Å². The highest BCUT2D eigenvalue weighted by atomic mass is 19.1. The Hall–Kier alpha value is -3.29. The van der Waals surface area contributed by atoms with Gasteiger partial charge in [-0.05, 0) is 18.2 Å². The van der Waals surface area contributed by atoms with Gasteiger partial charge in [0.05, 0.1) is 11.3 Å². The van der Waals surface area contributed by atoms with Crippen LogP contribution in [0.25, 0.3) is 11.0 Å². The summed E-state index contributed by atoms with van der Waals surface area (Å²) in [6, 6.07) is 6.93. The molecular weight excluding hydrogens is 315 g/mol. The monoisotopic (exact) mass is 328 g/mol. The molecule has 0 aliphatic carbocycles. The number of aryl methyl sites for hydroxylation is 1. The molecule has 0 aliphatic heterocycles. The zero-order valence-electron chi connectivity index (χ0n) is 12.9. The lowest BCUT2D eigenvalue weighted by atomic mass is 10.2. The van der Waals surface area contributed by atoms with Gasteiger partial charge in [-0.3, -0.25) is 18.7 Å². The topological polar surface area (TPSA) is 86.0 Å². The number of halogens is 1. The summed E-state index contributed by atoms with van der Waals surface area (Å²) in [6.45, 7) is 0. The molecule has 3 aromatic rings. The number of rotatable bonds is 2. The largest absolute Gasteiger partial charge is 0.332 e. The van der Waals surface area contributed by atoms with Gasteiger partial charge >= 0.3 is 5.69 Å². The van der Waals surface area contributed by atoms with Crippen molar-refractivity contribution >= 4 is 22.6 Å². The third kappa shape index (κ3) is 2.37. The summed E-state index contributed by atoms with van der Waals surface area (Å²) in [5.41, 5.74) is -0.981. The van der Waals surface area contributed by atoms with Crippen LogP contribution in [0.3, 0.4) is 0 Å². The second kappa shape index (κ2) is 5.73. The Morgan fingerprint density at radius 2 is 1.83 bits per heavy atom. The van der Waals surface area contributed by atoms with Crippen LogP contribution in [0.4, 0.5) is 10.1 Å². The van der Waals surface area contributed by atoms with Crippen LogP contribution < -0.4 is 16.6 Å². The van der Waals surface area contributed by atoms with Gasteiger partial charge in [0, 0.05) is 20.3 Å². The first-order valence-electron chi connectivity index (χ1n) is 7.02. The molecule has 0 bridgehead atoms. The smallest absolute Gasteiger partial charge is 0.321 e. The van der Waals surface area contributed by atoms with E-state index < -0.39 is 23.0 Å². The second-order valence-corrected chi connectivity index (χ2v) is 5.20. The number of fused-ring (bicyclic) bond motifs is 1. The van der Waals surface area contributed by atoms with Crippen molar-refractivity contribution in [1.82, 2.24) is 14.1 Å². The van der Waals surface area contributed by atoms with Crippen LogP contribution in [0.5, 0.6) is 0 Å². The zero-order valence-corrected chi connectivity index (χ0v) is 12.9. The van der Waals surface area contributed by atoms with E-state index in [0.717, 1.165) is 4.57 Å². The quantitative estimate of drug-likeness (QED) is 0.761. The van der Waals surface area contributed by atoms with Gasteiger partial charge in [0.2, 0.25) is 0 Å². The van der Waals surface area contributed by atoms with Crippen molar-refractivity contribution in [2.75, 3.05) is 5.32 Å². The van der Waals surface area contributed by atoms with E-state index in [1.54, 1.807) is 0 Å². The molecule has 0 spiro atoms. The highest BCUT2D eigenvalue weighted by molar-refractivity contribution is 6.08. The Morgan fingerprint density at radius 1 is 1.12 bits per heavy atom. The molecule has 0 unspecified atom stereocenters. The number of nitrogens with one attached hydrogen (secondary N) is 1. The van der Waals surface area contributed by atoms with E-state index in [0.29, 0.717) is 0 Å². The van der Waals surface area contributed by atoms with Gasteiger partial charge in [-0.2, -0.15) is 0 Å². The summed E-state index contributed by atoms with van der Waals surface area (Å²) in [5.74, 6) is -1.37. The Labute approximate surface area is 135 Å². The molecule has 2 aromatic heterocycles. The summed E-state index contributed by atoms with van der Waals surface area (Å²) < 4.78 is 15.9. The molecule has 0 aliphatic rings. The number of amides is 1. The fraction of sp³-hybridized carbons (Fsp3) is 0.125. The average Bonchev–Trinajstić information content (AvgIpc) is 2.58. The number of hydrogen-bond acceptors (Lipinski definition) is 4. The molecule has 0 saturated carbocycles. The van der Waals surface area contributed by atoms with E-state index in [2.05, 4.69) is 10.3 Å². The molecule has 2 heterocycles. The predicted molar refractivity (Wildman–Crippen MR) is 86.6 cm³/mol. The summed E-state index contributed by atoms with van der Waals surface area (Å²) >= 11 is 0. The van der Waals surface area contributed by atoms with Gasteiger partial charge in [-0.15, -0.1) is 0 Å². The first-order valence-corrected chi connectivity index (χ1v) is 7.02. The van der Waals surface area contributed by atoms with Crippen LogP contribution in [0.15, 0.2) is 46.1 Å². The van der Waals surface area contributed by atoms with Gasteiger partial charge in [0.1, 0.15) is 11.2 Å². The maximum Gasteiger partial charge on any atom is 0.332 e. The number of benzene rings is 1. The zero-order chi connectivity index (χ0) is 17.4. The van der Waals surface area contributed by atoms with Crippen LogP contribution in [0.1, 0.15) is 10.4 Å². The number of pyridine rings is 1. The summed E-state index contributed by atoms with van der Waals surface area (Å²) in [7, 11) is 2.80. The molecular formula is C16H13FN4O3.